The second-order valence-corrected chi connectivity index (χ2v) is 7.95. The molecule has 0 aliphatic carbocycles. The van der Waals surface area contributed by atoms with Crippen LogP contribution in [0.3, 0.4) is 0 Å². The first-order valence-corrected chi connectivity index (χ1v) is 10.6. The van der Waals surface area contributed by atoms with Crippen LogP contribution >= 0.6 is 35.3 Å². The molecule has 5 nitrogen and oxygen atoms in total. The Morgan fingerprint density at radius 2 is 2.21 bits per heavy atom. The Hall–Kier alpha value is -1.23. The van der Waals surface area contributed by atoms with Crippen LogP contribution in [0.4, 0.5) is 4.39 Å². The molecule has 2 heterocycles. The molecule has 0 bridgehead atoms. The number of halogens is 2. The van der Waals surface area contributed by atoms with Crippen LogP contribution < -0.4 is 10.6 Å². The zero-order valence-corrected chi connectivity index (χ0v) is 20.1. The lowest BCUT2D eigenvalue weighted by Gasteiger charge is -2.37. The van der Waals surface area contributed by atoms with E-state index < -0.39 is 0 Å². The van der Waals surface area contributed by atoms with E-state index in [2.05, 4.69) is 45.0 Å². The Kier molecular flexibility index (Phi) is 10.3. The molecule has 160 valence electrons. The molecule has 1 aromatic carbocycles. The Morgan fingerprint density at radius 3 is 2.90 bits per heavy atom. The maximum absolute atomic E-state index is 13.3. The first-order valence-electron chi connectivity index (χ1n) is 9.73. The van der Waals surface area contributed by atoms with E-state index in [0.717, 1.165) is 44.2 Å². The monoisotopic (exact) mass is 532 g/mol. The van der Waals surface area contributed by atoms with Crippen LogP contribution in [0.15, 0.2) is 46.8 Å². The van der Waals surface area contributed by atoms with E-state index in [0.29, 0.717) is 6.54 Å². The summed E-state index contributed by atoms with van der Waals surface area (Å²) in [5.41, 5.74) is 0.974. The van der Waals surface area contributed by atoms with Crippen molar-refractivity contribution < 1.29 is 9.13 Å². The van der Waals surface area contributed by atoms with Gasteiger partial charge in [-0.15, -0.1) is 35.3 Å². The average molecular weight is 532 g/mol. The lowest BCUT2D eigenvalue weighted by atomic mass is 10.1. The largest absolute Gasteiger partial charge is 0.376 e. The molecule has 1 fully saturated rings. The zero-order chi connectivity index (χ0) is 19.8. The minimum atomic E-state index is -0.196. The minimum absolute atomic E-state index is 0. The number of nitrogens with zero attached hydrogens (tertiary/aromatic N) is 2. The summed E-state index contributed by atoms with van der Waals surface area (Å²) in [5, 5.41) is 8.91. The highest BCUT2D eigenvalue weighted by Gasteiger charge is 2.26. The predicted octanol–water partition coefficient (Wildman–Crippen LogP) is 3.67. The average Bonchev–Trinajstić information content (AvgIpc) is 3.21. The van der Waals surface area contributed by atoms with Crippen LogP contribution in [0.2, 0.25) is 0 Å². The normalized spacial score (nSPS) is 18.7. The molecule has 2 atom stereocenters. The van der Waals surface area contributed by atoms with Crippen molar-refractivity contribution in [2.75, 3.05) is 39.8 Å². The number of benzene rings is 1. The van der Waals surface area contributed by atoms with Crippen molar-refractivity contribution in [1.29, 1.82) is 0 Å². The Balaban J connectivity index is 0.00000300. The summed E-state index contributed by atoms with van der Waals surface area (Å²) in [6.07, 6.45) is 0.994. The number of morpholine rings is 1. The summed E-state index contributed by atoms with van der Waals surface area (Å²) in [7, 11) is 1.77. The second kappa shape index (κ2) is 12.5. The van der Waals surface area contributed by atoms with Crippen molar-refractivity contribution in [2.45, 2.75) is 25.5 Å². The predicted molar refractivity (Wildman–Crippen MR) is 129 cm³/mol. The quantitative estimate of drug-likeness (QED) is 0.325. The van der Waals surface area contributed by atoms with Gasteiger partial charge in [-0.25, -0.2) is 4.39 Å². The van der Waals surface area contributed by atoms with Gasteiger partial charge in [-0.1, -0.05) is 18.2 Å². The number of hydrogen-bond acceptors (Lipinski definition) is 4. The summed E-state index contributed by atoms with van der Waals surface area (Å²) in [5.74, 6) is 0.567. The van der Waals surface area contributed by atoms with Gasteiger partial charge in [0.2, 0.25) is 0 Å². The fourth-order valence-electron chi connectivity index (χ4n) is 3.45. The Bertz CT molecular complexity index is 759. The van der Waals surface area contributed by atoms with Gasteiger partial charge in [-0.3, -0.25) is 9.89 Å². The van der Waals surface area contributed by atoms with Crippen LogP contribution in [-0.4, -0.2) is 56.8 Å². The topological polar surface area (TPSA) is 48.9 Å². The van der Waals surface area contributed by atoms with E-state index >= 15 is 0 Å². The lowest BCUT2D eigenvalue weighted by molar-refractivity contribution is -0.0334. The van der Waals surface area contributed by atoms with E-state index in [1.807, 2.05) is 6.07 Å². The molecule has 1 aliphatic rings. The van der Waals surface area contributed by atoms with Crippen LogP contribution in [0.1, 0.15) is 23.4 Å². The highest BCUT2D eigenvalue weighted by atomic mass is 127. The van der Waals surface area contributed by atoms with Crippen LogP contribution in [0.25, 0.3) is 0 Å². The molecule has 0 saturated carbocycles. The van der Waals surface area contributed by atoms with Crippen molar-refractivity contribution in [3.05, 3.63) is 58.0 Å². The van der Waals surface area contributed by atoms with Crippen LogP contribution in [0.5, 0.6) is 0 Å². The minimum Gasteiger partial charge on any atom is -0.376 e. The molecule has 1 aromatic heterocycles. The summed E-state index contributed by atoms with van der Waals surface area (Å²) in [6, 6.07) is 11.3. The molecule has 2 aromatic rings. The van der Waals surface area contributed by atoms with Gasteiger partial charge in [0.15, 0.2) is 5.96 Å². The Labute approximate surface area is 193 Å². The zero-order valence-electron chi connectivity index (χ0n) is 16.9. The number of aliphatic imine (C=N–C) groups is 1. The van der Waals surface area contributed by atoms with Gasteiger partial charge < -0.3 is 15.4 Å². The maximum Gasteiger partial charge on any atom is 0.191 e. The summed E-state index contributed by atoms with van der Waals surface area (Å²) in [6.45, 7) is 6.21. The van der Waals surface area contributed by atoms with Gasteiger partial charge in [0.05, 0.1) is 18.8 Å². The summed E-state index contributed by atoms with van der Waals surface area (Å²) >= 11 is 1.78. The third kappa shape index (κ3) is 7.51. The summed E-state index contributed by atoms with van der Waals surface area (Å²) < 4.78 is 19.0. The van der Waals surface area contributed by atoms with Gasteiger partial charge in [-0.2, -0.15) is 0 Å². The second-order valence-electron chi connectivity index (χ2n) is 6.97. The van der Waals surface area contributed by atoms with Crippen LogP contribution in [0, 0.1) is 5.82 Å². The lowest BCUT2D eigenvalue weighted by Crippen LogP contribution is -2.48. The first kappa shape index (κ1) is 24.0. The molecule has 2 N–H and O–H groups in total. The molecule has 29 heavy (non-hydrogen) atoms. The smallest absolute Gasteiger partial charge is 0.191 e. The van der Waals surface area contributed by atoms with E-state index in [1.165, 1.54) is 10.9 Å². The fraction of sp³-hybridized carbons (Fsp3) is 0.476. The molecule has 1 saturated heterocycles. The molecule has 0 spiro atoms. The van der Waals surface area contributed by atoms with Crippen molar-refractivity contribution in [2.24, 2.45) is 4.99 Å². The van der Waals surface area contributed by atoms with Crippen molar-refractivity contribution in [3.8, 4) is 0 Å². The molecule has 2 unspecified atom stereocenters. The molecular formula is C21H30FIN4OS. The third-order valence-electron chi connectivity index (χ3n) is 4.87. The maximum atomic E-state index is 13.3. The number of rotatable bonds is 7. The molecule has 0 radical (unpaired) electrons. The van der Waals surface area contributed by atoms with E-state index in [1.54, 1.807) is 30.5 Å². The standard InChI is InChI=1S/C21H29FN4OS.HI/c1-16-15-26(10-11-27-16)19(20-7-4-12-28-20)14-25-21(23-2)24-9-8-17-5-3-6-18(22)13-17;/h3-7,12-13,16,19H,8-11,14-15H2,1-2H3,(H2,23,24,25);1H. The van der Waals surface area contributed by atoms with Gasteiger partial charge in [0, 0.05) is 38.1 Å². The first-order chi connectivity index (χ1) is 13.7. The van der Waals surface area contributed by atoms with Gasteiger partial charge in [0.1, 0.15) is 5.82 Å². The van der Waals surface area contributed by atoms with E-state index in [-0.39, 0.29) is 41.9 Å². The molecule has 1 aliphatic heterocycles. The highest BCUT2D eigenvalue weighted by Crippen LogP contribution is 2.26. The number of nitrogens with one attached hydrogen (secondary N) is 2. The van der Waals surface area contributed by atoms with Crippen molar-refractivity contribution >= 4 is 41.3 Å². The fourth-order valence-corrected chi connectivity index (χ4v) is 4.31. The number of ether oxygens (including phenoxy) is 1. The number of guanidine groups is 1. The third-order valence-corrected chi connectivity index (χ3v) is 5.84. The molecular weight excluding hydrogens is 502 g/mol. The van der Waals surface area contributed by atoms with Crippen LogP contribution in [-0.2, 0) is 11.2 Å². The molecule has 8 heteroatoms. The molecule has 3 rings (SSSR count). The molecule has 0 amide bonds. The number of thiophene rings is 1. The van der Waals surface area contributed by atoms with Crippen molar-refractivity contribution in [1.82, 2.24) is 15.5 Å². The van der Waals surface area contributed by atoms with Gasteiger partial charge in [0.25, 0.3) is 0 Å². The van der Waals surface area contributed by atoms with E-state index in [9.17, 15) is 4.39 Å². The Morgan fingerprint density at radius 1 is 1.34 bits per heavy atom. The number of hydrogen-bond donors (Lipinski definition) is 2. The van der Waals surface area contributed by atoms with E-state index in [4.69, 9.17) is 4.74 Å². The highest BCUT2D eigenvalue weighted by molar-refractivity contribution is 14.0. The van der Waals surface area contributed by atoms with Gasteiger partial charge in [-0.05, 0) is 42.5 Å². The van der Waals surface area contributed by atoms with Gasteiger partial charge >= 0.3 is 0 Å². The van der Waals surface area contributed by atoms with Crippen molar-refractivity contribution in [3.63, 3.8) is 0 Å². The summed E-state index contributed by atoms with van der Waals surface area (Å²) in [4.78, 5) is 8.15. The SMILES string of the molecule is CN=C(NCCc1cccc(F)c1)NCC(c1cccs1)N1CCOC(C)C1.I.